The topological polar surface area (TPSA) is 62.7 Å². The molecule has 1 atom stereocenters. The van der Waals surface area contributed by atoms with Gasteiger partial charge in [-0.2, -0.15) is 0 Å². The van der Waals surface area contributed by atoms with Gasteiger partial charge in [0.25, 0.3) is 0 Å². The zero-order valence-corrected chi connectivity index (χ0v) is 11.7. The fourth-order valence-corrected chi connectivity index (χ4v) is 2.87. The molecule has 0 saturated carbocycles. The number of carboxylic acids is 1. The summed E-state index contributed by atoms with van der Waals surface area (Å²) in [5.74, 6) is -0.919. The van der Waals surface area contributed by atoms with E-state index >= 15 is 0 Å². The number of nitrogens with zero attached hydrogens (tertiary/aromatic N) is 2. The zero-order valence-electron chi connectivity index (χ0n) is 10.8. The van der Waals surface area contributed by atoms with E-state index in [1.807, 2.05) is 13.8 Å². The van der Waals surface area contributed by atoms with Gasteiger partial charge in [-0.1, -0.05) is 0 Å². The first-order chi connectivity index (χ1) is 8.39. The summed E-state index contributed by atoms with van der Waals surface area (Å²) in [4.78, 5) is 17.2. The van der Waals surface area contributed by atoms with Crippen LogP contribution in [0.25, 0.3) is 0 Å². The Bertz CT molecular complexity index is 440. The largest absolute Gasteiger partial charge is 0.480 e. The first-order valence-corrected chi connectivity index (χ1v) is 6.79. The summed E-state index contributed by atoms with van der Waals surface area (Å²) < 4.78 is 5.39. The molecule has 0 aliphatic carbocycles. The van der Waals surface area contributed by atoms with Gasteiger partial charge < -0.3 is 9.84 Å². The van der Waals surface area contributed by atoms with Gasteiger partial charge in [0.05, 0.1) is 22.3 Å². The number of rotatable bonds is 5. The number of hydrogen-bond donors (Lipinski definition) is 1. The molecule has 5 nitrogen and oxygen atoms in total. The number of carboxylic acid groups (broad SMARTS) is 1. The lowest BCUT2D eigenvalue weighted by molar-refractivity contribution is -0.169. The number of thiazole rings is 1. The number of aliphatic carboxylic acids is 1. The first kappa shape index (κ1) is 13.5. The Labute approximate surface area is 110 Å². The van der Waals surface area contributed by atoms with Crippen molar-refractivity contribution in [3.05, 3.63) is 16.1 Å². The maximum atomic E-state index is 10.5. The SMILES string of the molecule is Cc1nc(C(C)N2CC(C)(OCC(=O)O)C2)cs1. The van der Waals surface area contributed by atoms with Crippen LogP contribution in [0.4, 0.5) is 0 Å². The maximum absolute atomic E-state index is 10.5. The Morgan fingerprint density at radius 2 is 2.39 bits per heavy atom. The van der Waals surface area contributed by atoms with Gasteiger partial charge in [-0.3, -0.25) is 4.90 Å². The summed E-state index contributed by atoms with van der Waals surface area (Å²) in [6.45, 7) is 7.33. The molecule has 1 aliphatic rings. The predicted octanol–water partition coefficient (Wildman–Crippen LogP) is 1.69. The Balaban J connectivity index is 1.86. The molecule has 0 spiro atoms. The van der Waals surface area contributed by atoms with Gasteiger partial charge in [0.2, 0.25) is 0 Å². The van der Waals surface area contributed by atoms with Gasteiger partial charge in [-0.15, -0.1) is 11.3 Å². The molecule has 1 aromatic heterocycles. The average Bonchev–Trinajstić information content (AvgIpc) is 2.68. The predicted molar refractivity (Wildman–Crippen MR) is 68.8 cm³/mol. The number of aromatic nitrogens is 1. The van der Waals surface area contributed by atoms with Crippen molar-refractivity contribution < 1.29 is 14.6 Å². The van der Waals surface area contributed by atoms with Crippen molar-refractivity contribution in [1.29, 1.82) is 0 Å². The smallest absolute Gasteiger partial charge is 0.329 e. The molecule has 6 heteroatoms. The summed E-state index contributed by atoms with van der Waals surface area (Å²) in [6.07, 6.45) is 0. The molecule has 1 fully saturated rings. The third kappa shape index (κ3) is 2.88. The standard InChI is InChI=1S/C12H18N2O3S/c1-8(10-5-18-9(2)13-10)14-6-12(3,7-14)17-4-11(15)16/h5,8H,4,6-7H2,1-3H3,(H,15,16). The Hall–Kier alpha value is -0.980. The monoisotopic (exact) mass is 270 g/mol. The minimum atomic E-state index is -0.919. The van der Waals surface area contributed by atoms with Gasteiger partial charge in [-0.05, 0) is 20.8 Å². The highest BCUT2D eigenvalue weighted by molar-refractivity contribution is 7.09. The van der Waals surface area contributed by atoms with Crippen molar-refractivity contribution in [3.63, 3.8) is 0 Å². The van der Waals surface area contributed by atoms with Crippen LogP contribution in [0, 0.1) is 6.92 Å². The highest BCUT2D eigenvalue weighted by Gasteiger charge is 2.42. The fourth-order valence-electron chi connectivity index (χ4n) is 2.17. The molecule has 0 aromatic carbocycles. The Morgan fingerprint density at radius 1 is 1.72 bits per heavy atom. The number of hydrogen-bond acceptors (Lipinski definition) is 5. The molecule has 0 bridgehead atoms. The number of likely N-dealkylation sites (tertiary alicyclic amines) is 1. The van der Waals surface area contributed by atoms with Crippen molar-refractivity contribution in [1.82, 2.24) is 9.88 Å². The summed E-state index contributed by atoms with van der Waals surface area (Å²) >= 11 is 1.65. The third-order valence-corrected chi connectivity index (χ3v) is 4.02. The fraction of sp³-hybridized carbons (Fsp3) is 0.667. The Kier molecular flexibility index (Phi) is 3.70. The van der Waals surface area contributed by atoms with E-state index in [4.69, 9.17) is 9.84 Å². The summed E-state index contributed by atoms with van der Waals surface area (Å²) in [5, 5.41) is 11.8. The molecule has 2 heterocycles. The maximum Gasteiger partial charge on any atom is 0.329 e. The number of ether oxygens (including phenoxy) is 1. The van der Waals surface area contributed by atoms with E-state index < -0.39 is 5.97 Å². The molecule has 1 N–H and O–H groups in total. The van der Waals surface area contributed by atoms with Crippen LogP contribution in [0.15, 0.2) is 5.38 Å². The zero-order chi connectivity index (χ0) is 13.3. The lowest BCUT2D eigenvalue weighted by Crippen LogP contribution is -2.62. The molecule has 2 rings (SSSR count). The minimum Gasteiger partial charge on any atom is -0.480 e. The van der Waals surface area contributed by atoms with Crippen molar-refractivity contribution in [3.8, 4) is 0 Å². The van der Waals surface area contributed by atoms with Crippen molar-refractivity contribution in [2.45, 2.75) is 32.4 Å². The normalized spacial score (nSPS) is 20.4. The van der Waals surface area contributed by atoms with Crippen LogP contribution in [0.2, 0.25) is 0 Å². The molecule has 0 amide bonds. The Morgan fingerprint density at radius 3 is 2.89 bits per heavy atom. The van der Waals surface area contributed by atoms with Gasteiger partial charge >= 0.3 is 5.97 Å². The highest BCUT2D eigenvalue weighted by Crippen LogP contribution is 2.33. The van der Waals surface area contributed by atoms with Crippen LogP contribution in [-0.2, 0) is 9.53 Å². The molecule has 1 aromatic rings. The molecule has 18 heavy (non-hydrogen) atoms. The number of aryl methyl sites for hydroxylation is 1. The second kappa shape index (κ2) is 4.95. The average molecular weight is 270 g/mol. The number of carbonyl (C=O) groups is 1. The molecule has 0 radical (unpaired) electrons. The lowest BCUT2D eigenvalue weighted by atomic mass is 9.94. The van der Waals surface area contributed by atoms with Crippen molar-refractivity contribution >= 4 is 17.3 Å². The highest BCUT2D eigenvalue weighted by atomic mass is 32.1. The van der Waals surface area contributed by atoms with E-state index in [0.29, 0.717) is 0 Å². The quantitative estimate of drug-likeness (QED) is 0.882. The summed E-state index contributed by atoms with van der Waals surface area (Å²) in [7, 11) is 0. The van der Waals surface area contributed by atoms with Crippen LogP contribution < -0.4 is 0 Å². The van der Waals surface area contributed by atoms with Crippen LogP contribution in [0.1, 0.15) is 30.6 Å². The van der Waals surface area contributed by atoms with E-state index in [-0.39, 0.29) is 18.2 Å². The molecule has 100 valence electrons. The van der Waals surface area contributed by atoms with Crippen molar-refractivity contribution in [2.75, 3.05) is 19.7 Å². The van der Waals surface area contributed by atoms with E-state index in [1.54, 1.807) is 11.3 Å². The van der Waals surface area contributed by atoms with Gasteiger partial charge in [0.15, 0.2) is 0 Å². The second-order valence-electron chi connectivity index (χ2n) is 5.00. The van der Waals surface area contributed by atoms with Crippen LogP contribution >= 0.6 is 11.3 Å². The van der Waals surface area contributed by atoms with E-state index in [1.165, 1.54) is 0 Å². The lowest BCUT2D eigenvalue weighted by Gasteiger charge is -2.49. The molecule has 1 aliphatic heterocycles. The first-order valence-electron chi connectivity index (χ1n) is 5.91. The van der Waals surface area contributed by atoms with Gasteiger partial charge in [0, 0.05) is 18.5 Å². The van der Waals surface area contributed by atoms with Crippen molar-refractivity contribution in [2.24, 2.45) is 0 Å². The van der Waals surface area contributed by atoms with Gasteiger partial charge in [-0.25, -0.2) is 9.78 Å². The molecular formula is C12H18N2O3S. The van der Waals surface area contributed by atoms with E-state index in [2.05, 4.69) is 22.2 Å². The third-order valence-electron chi connectivity index (χ3n) is 3.23. The van der Waals surface area contributed by atoms with Crippen LogP contribution in [-0.4, -0.2) is 46.3 Å². The van der Waals surface area contributed by atoms with E-state index in [9.17, 15) is 4.79 Å². The molecule has 1 unspecified atom stereocenters. The summed E-state index contributed by atoms with van der Waals surface area (Å²) in [6, 6.07) is 0.261. The minimum absolute atomic E-state index is 0.228. The molecule has 1 saturated heterocycles. The summed E-state index contributed by atoms with van der Waals surface area (Å²) in [5.41, 5.74) is 0.746. The second-order valence-corrected chi connectivity index (χ2v) is 6.07. The van der Waals surface area contributed by atoms with Crippen LogP contribution in [0.3, 0.4) is 0 Å². The van der Waals surface area contributed by atoms with E-state index in [0.717, 1.165) is 23.8 Å². The van der Waals surface area contributed by atoms with Crippen LogP contribution in [0.5, 0.6) is 0 Å². The van der Waals surface area contributed by atoms with Gasteiger partial charge in [0.1, 0.15) is 6.61 Å². The molecular weight excluding hydrogens is 252 g/mol.